The fourth-order valence-corrected chi connectivity index (χ4v) is 4.79. The number of carbonyl (C=O) groups is 1. The Labute approximate surface area is 164 Å². The summed E-state index contributed by atoms with van der Waals surface area (Å²) < 4.78 is 7.00. The third kappa shape index (κ3) is 3.22. The van der Waals surface area contributed by atoms with Crippen molar-refractivity contribution in [2.45, 2.75) is 13.8 Å². The van der Waals surface area contributed by atoms with Crippen molar-refractivity contribution < 1.29 is 9.53 Å². The summed E-state index contributed by atoms with van der Waals surface area (Å²) in [6.07, 6.45) is 0. The first-order valence-electron chi connectivity index (χ1n) is 8.32. The van der Waals surface area contributed by atoms with Crippen LogP contribution in [-0.2, 0) is 7.05 Å². The molecule has 6 nitrogen and oxygen atoms in total. The fraction of sp³-hybridized carbons (Fsp3) is 0.211. The minimum Gasteiger partial charge on any atom is -0.497 e. The standard InChI is InChI=1S/C19H18N4O2S2/c1-10-14-9-15(27-18(14)23(3)22-10)17(24)21-19-20-16(11(2)26-19)12-5-7-13(25-4)8-6-12/h5-9H,1-4H3,(H,20,21,24). The predicted octanol–water partition coefficient (Wildman–Crippen LogP) is 4.64. The van der Waals surface area contributed by atoms with E-state index in [9.17, 15) is 4.79 Å². The van der Waals surface area contributed by atoms with E-state index < -0.39 is 0 Å². The van der Waals surface area contributed by atoms with E-state index in [2.05, 4.69) is 15.4 Å². The minimum absolute atomic E-state index is 0.148. The highest BCUT2D eigenvalue weighted by molar-refractivity contribution is 7.20. The van der Waals surface area contributed by atoms with Crippen molar-refractivity contribution in [1.82, 2.24) is 14.8 Å². The molecule has 0 radical (unpaired) electrons. The van der Waals surface area contributed by atoms with Crippen molar-refractivity contribution in [2.24, 2.45) is 7.05 Å². The molecule has 0 atom stereocenters. The number of aromatic nitrogens is 3. The van der Waals surface area contributed by atoms with E-state index in [4.69, 9.17) is 4.74 Å². The molecule has 1 aromatic carbocycles. The quantitative estimate of drug-likeness (QED) is 0.544. The van der Waals surface area contributed by atoms with Crippen LogP contribution in [0.4, 0.5) is 5.13 Å². The molecule has 138 valence electrons. The Balaban J connectivity index is 1.58. The number of hydrogen-bond acceptors (Lipinski definition) is 6. The maximum Gasteiger partial charge on any atom is 0.267 e. The summed E-state index contributed by atoms with van der Waals surface area (Å²) in [7, 11) is 3.53. The van der Waals surface area contributed by atoms with Gasteiger partial charge >= 0.3 is 0 Å². The number of benzene rings is 1. The van der Waals surface area contributed by atoms with Gasteiger partial charge in [0.25, 0.3) is 5.91 Å². The summed E-state index contributed by atoms with van der Waals surface area (Å²) in [5.41, 5.74) is 2.79. The van der Waals surface area contributed by atoms with Gasteiger partial charge in [0.1, 0.15) is 10.6 Å². The van der Waals surface area contributed by atoms with E-state index in [1.165, 1.54) is 22.7 Å². The van der Waals surface area contributed by atoms with Gasteiger partial charge in [-0.25, -0.2) is 4.98 Å². The van der Waals surface area contributed by atoms with Gasteiger partial charge in [0.15, 0.2) is 5.13 Å². The maximum absolute atomic E-state index is 12.7. The van der Waals surface area contributed by atoms with Gasteiger partial charge in [-0.1, -0.05) is 0 Å². The molecule has 1 N–H and O–H groups in total. The number of carbonyl (C=O) groups excluding carboxylic acids is 1. The lowest BCUT2D eigenvalue weighted by molar-refractivity contribution is 0.103. The molecule has 0 saturated carbocycles. The van der Waals surface area contributed by atoms with Gasteiger partial charge < -0.3 is 4.74 Å². The molecule has 27 heavy (non-hydrogen) atoms. The molecular weight excluding hydrogens is 380 g/mol. The van der Waals surface area contributed by atoms with Crippen LogP contribution in [0.5, 0.6) is 5.75 Å². The van der Waals surface area contributed by atoms with E-state index in [0.717, 1.165) is 37.8 Å². The molecule has 0 fully saturated rings. The monoisotopic (exact) mass is 398 g/mol. The largest absolute Gasteiger partial charge is 0.497 e. The average molecular weight is 399 g/mol. The highest BCUT2D eigenvalue weighted by atomic mass is 32.1. The number of rotatable bonds is 4. The SMILES string of the molecule is COc1ccc(-c2nc(NC(=O)c3cc4c(C)nn(C)c4s3)sc2C)cc1. The van der Waals surface area contributed by atoms with Crippen LogP contribution in [0.2, 0.25) is 0 Å². The lowest BCUT2D eigenvalue weighted by Crippen LogP contribution is -2.09. The van der Waals surface area contributed by atoms with Crippen LogP contribution in [0.1, 0.15) is 20.2 Å². The Morgan fingerprint density at radius 1 is 1.19 bits per heavy atom. The number of methoxy groups -OCH3 is 1. The number of ether oxygens (including phenoxy) is 1. The Bertz CT molecular complexity index is 1100. The molecule has 3 aromatic heterocycles. The van der Waals surface area contributed by atoms with E-state index in [1.807, 2.05) is 51.2 Å². The molecule has 3 heterocycles. The highest BCUT2D eigenvalue weighted by Crippen LogP contribution is 2.33. The predicted molar refractivity (Wildman–Crippen MR) is 110 cm³/mol. The minimum atomic E-state index is -0.148. The first-order chi connectivity index (χ1) is 13.0. The van der Waals surface area contributed by atoms with Gasteiger partial charge in [-0.2, -0.15) is 5.10 Å². The Morgan fingerprint density at radius 2 is 1.93 bits per heavy atom. The third-order valence-corrected chi connectivity index (χ3v) is 6.39. The zero-order valence-electron chi connectivity index (χ0n) is 15.4. The van der Waals surface area contributed by atoms with Crippen molar-refractivity contribution in [1.29, 1.82) is 0 Å². The zero-order valence-corrected chi connectivity index (χ0v) is 17.0. The van der Waals surface area contributed by atoms with Gasteiger partial charge in [-0.05, 0) is 44.2 Å². The molecule has 0 aliphatic carbocycles. The molecule has 4 aromatic rings. The lowest BCUT2D eigenvalue weighted by Gasteiger charge is -2.02. The van der Waals surface area contributed by atoms with Crippen LogP contribution >= 0.6 is 22.7 Å². The molecule has 1 amide bonds. The normalized spacial score (nSPS) is 11.1. The molecule has 0 spiro atoms. The van der Waals surface area contributed by atoms with Gasteiger partial charge in [-0.3, -0.25) is 14.8 Å². The first-order valence-corrected chi connectivity index (χ1v) is 9.96. The van der Waals surface area contributed by atoms with Crippen molar-refractivity contribution in [2.75, 3.05) is 12.4 Å². The Hall–Kier alpha value is -2.71. The summed E-state index contributed by atoms with van der Waals surface area (Å²) in [5.74, 6) is 0.653. The number of thiophene rings is 1. The maximum atomic E-state index is 12.7. The second-order valence-electron chi connectivity index (χ2n) is 6.14. The molecular formula is C19H18N4O2S2. The summed E-state index contributed by atoms with van der Waals surface area (Å²) in [6, 6.07) is 9.63. The lowest BCUT2D eigenvalue weighted by atomic mass is 10.1. The number of nitrogens with zero attached hydrogens (tertiary/aromatic N) is 3. The van der Waals surface area contributed by atoms with Crippen molar-refractivity contribution >= 4 is 43.9 Å². The van der Waals surface area contributed by atoms with Crippen LogP contribution in [0.25, 0.3) is 21.5 Å². The number of aryl methyl sites for hydroxylation is 3. The molecule has 0 saturated heterocycles. The summed E-state index contributed by atoms with van der Waals surface area (Å²) in [6.45, 7) is 3.95. The van der Waals surface area contributed by atoms with Crippen LogP contribution in [0.3, 0.4) is 0 Å². The summed E-state index contributed by atoms with van der Waals surface area (Å²) >= 11 is 2.91. The van der Waals surface area contributed by atoms with Crippen LogP contribution in [0.15, 0.2) is 30.3 Å². The zero-order chi connectivity index (χ0) is 19.1. The van der Waals surface area contributed by atoms with E-state index in [1.54, 1.807) is 11.8 Å². The molecule has 0 aliphatic rings. The average Bonchev–Trinajstić information content (AvgIpc) is 3.32. The van der Waals surface area contributed by atoms with Gasteiger partial charge in [-0.15, -0.1) is 22.7 Å². The summed E-state index contributed by atoms with van der Waals surface area (Å²) in [5, 5.41) is 8.91. The molecule has 4 rings (SSSR count). The van der Waals surface area contributed by atoms with E-state index in [0.29, 0.717) is 10.0 Å². The second kappa shape index (κ2) is 6.79. The molecule has 8 heteroatoms. The van der Waals surface area contributed by atoms with Crippen LogP contribution < -0.4 is 10.1 Å². The second-order valence-corrected chi connectivity index (χ2v) is 8.38. The van der Waals surface area contributed by atoms with E-state index in [-0.39, 0.29) is 5.91 Å². The van der Waals surface area contributed by atoms with Gasteiger partial charge in [0, 0.05) is 22.9 Å². The fourth-order valence-electron chi connectivity index (χ4n) is 2.94. The van der Waals surface area contributed by atoms with Crippen LogP contribution in [-0.4, -0.2) is 27.8 Å². The van der Waals surface area contributed by atoms with Crippen molar-refractivity contribution in [3.8, 4) is 17.0 Å². The first kappa shape index (κ1) is 17.7. The summed E-state index contributed by atoms with van der Waals surface area (Å²) in [4.78, 5) is 20.0. The van der Waals surface area contributed by atoms with Crippen LogP contribution in [0, 0.1) is 13.8 Å². The van der Waals surface area contributed by atoms with Gasteiger partial charge in [0.2, 0.25) is 0 Å². The number of nitrogens with one attached hydrogen (secondary N) is 1. The Kier molecular flexibility index (Phi) is 4.45. The number of fused-ring (bicyclic) bond motifs is 1. The van der Waals surface area contributed by atoms with Gasteiger partial charge in [0.05, 0.1) is 23.4 Å². The topological polar surface area (TPSA) is 69.0 Å². The highest BCUT2D eigenvalue weighted by Gasteiger charge is 2.17. The molecule has 0 aliphatic heterocycles. The smallest absolute Gasteiger partial charge is 0.267 e. The third-order valence-electron chi connectivity index (χ3n) is 4.30. The number of hydrogen-bond donors (Lipinski definition) is 1. The number of anilines is 1. The van der Waals surface area contributed by atoms with Crippen molar-refractivity contribution in [3.63, 3.8) is 0 Å². The number of thiazole rings is 1. The van der Waals surface area contributed by atoms with Crippen molar-refractivity contribution in [3.05, 3.63) is 45.8 Å². The number of amides is 1. The Morgan fingerprint density at radius 3 is 2.59 bits per heavy atom. The molecule has 0 bridgehead atoms. The van der Waals surface area contributed by atoms with E-state index >= 15 is 0 Å². The molecule has 0 unspecified atom stereocenters.